The molecule has 7 nitrogen and oxygen atoms in total. The van der Waals surface area contributed by atoms with Gasteiger partial charge in [0.25, 0.3) is 0 Å². The van der Waals surface area contributed by atoms with E-state index in [1.54, 1.807) is 0 Å². The van der Waals surface area contributed by atoms with Gasteiger partial charge in [0.05, 0.1) is 6.54 Å². The zero-order chi connectivity index (χ0) is 17.8. The van der Waals surface area contributed by atoms with Crippen LogP contribution in [0.5, 0.6) is 0 Å². The Balaban J connectivity index is 2.35. The topological polar surface area (TPSA) is 89.0 Å². The smallest absolute Gasteiger partial charge is 0.234 e. The number of amides is 1. The van der Waals surface area contributed by atoms with E-state index in [2.05, 4.69) is 32.8 Å². The molecule has 0 radical (unpaired) electrons. The lowest BCUT2D eigenvalue weighted by molar-refractivity contribution is -0.122. The number of nitrogens with zero attached hydrogens (tertiary/aromatic N) is 2. The number of likely N-dealkylation sites (tertiary alicyclic amines) is 1. The quantitative estimate of drug-likeness (QED) is 0.354. The highest BCUT2D eigenvalue weighted by Gasteiger charge is 2.21. The minimum absolute atomic E-state index is 0.121. The lowest BCUT2D eigenvalue weighted by atomic mass is 10.1. The summed E-state index contributed by atoms with van der Waals surface area (Å²) in [7, 11) is 0. The fraction of sp³-hybridized carbons (Fsp3) is 0.882. The SMILES string of the molecule is CCCNC(=O)CN1CCC(NC(=NCC(C)CO)NCC)CC1. The normalized spacial score (nSPS) is 18.2. The van der Waals surface area contributed by atoms with Crippen LogP contribution in [-0.4, -0.2) is 73.8 Å². The van der Waals surface area contributed by atoms with Crippen molar-refractivity contribution in [3.05, 3.63) is 0 Å². The predicted molar refractivity (Wildman–Crippen MR) is 98.1 cm³/mol. The number of hydrogen-bond acceptors (Lipinski definition) is 4. The highest BCUT2D eigenvalue weighted by atomic mass is 16.3. The molecule has 1 aliphatic heterocycles. The minimum atomic E-state index is 0.121. The van der Waals surface area contributed by atoms with Crippen molar-refractivity contribution in [2.75, 3.05) is 45.9 Å². The molecule has 1 aliphatic rings. The van der Waals surface area contributed by atoms with Gasteiger partial charge in [-0.05, 0) is 32.1 Å². The van der Waals surface area contributed by atoms with Crippen molar-refractivity contribution in [2.24, 2.45) is 10.9 Å². The lowest BCUT2D eigenvalue weighted by Gasteiger charge is -2.32. The molecule has 0 saturated carbocycles. The second kappa shape index (κ2) is 12.1. The van der Waals surface area contributed by atoms with E-state index in [4.69, 9.17) is 5.11 Å². The molecule has 1 unspecified atom stereocenters. The number of nitrogens with one attached hydrogen (secondary N) is 3. The van der Waals surface area contributed by atoms with Crippen LogP contribution >= 0.6 is 0 Å². The summed E-state index contributed by atoms with van der Waals surface area (Å²) in [6.07, 6.45) is 2.97. The summed E-state index contributed by atoms with van der Waals surface area (Å²) in [5, 5.41) is 18.8. The molecule has 24 heavy (non-hydrogen) atoms. The average molecular weight is 342 g/mol. The first kappa shape index (κ1) is 20.7. The number of aliphatic hydroxyl groups is 1. The Morgan fingerprint density at radius 3 is 2.58 bits per heavy atom. The second-order valence-corrected chi connectivity index (χ2v) is 6.55. The van der Waals surface area contributed by atoms with Crippen LogP contribution < -0.4 is 16.0 Å². The van der Waals surface area contributed by atoms with Crippen LogP contribution in [0.1, 0.15) is 40.0 Å². The highest BCUT2D eigenvalue weighted by Crippen LogP contribution is 2.10. The van der Waals surface area contributed by atoms with Crippen LogP contribution in [0.15, 0.2) is 4.99 Å². The molecule has 1 rings (SSSR count). The molecule has 0 spiro atoms. The van der Waals surface area contributed by atoms with E-state index in [1.807, 2.05) is 13.8 Å². The lowest BCUT2D eigenvalue weighted by Crippen LogP contribution is -2.50. The molecule has 1 saturated heterocycles. The van der Waals surface area contributed by atoms with Gasteiger partial charge in [-0.3, -0.25) is 14.7 Å². The summed E-state index contributed by atoms with van der Waals surface area (Å²) in [5.41, 5.74) is 0. The van der Waals surface area contributed by atoms with E-state index in [1.165, 1.54) is 0 Å². The summed E-state index contributed by atoms with van der Waals surface area (Å²) in [6, 6.07) is 0.377. The summed E-state index contributed by atoms with van der Waals surface area (Å²) < 4.78 is 0. The van der Waals surface area contributed by atoms with Gasteiger partial charge in [-0.1, -0.05) is 13.8 Å². The molecule has 4 N–H and O–H groups in total. The van der Waals surface area contributed by atoms with Crippen LogP contribution in [0.25, 0.3) is 0 Å². The van der Waals surface area contributed by atoms with Gasteiger partial charge in [-0.25, -0.2) is 0 Å². The monoisotopic (exact) mass is 341 g/mol. The van der Waals surface area contributed by atoms with E-state index in [0.717, 1.165) is 51.4 Å². The Morgan fingerprint density at radius 2 is 2.00 bits per heavy atom. The first-order chi connectivity index (χ1) is 11.6. The van der Waals surface area contributed by atoms with E-state index < -0.39 is 0 Å². The second-order valence-electron chi connectivity index (χ2n) is 6.55. The van der Waals surface area contributed by atoms with Crippen molar-refractivity contribution in [1.82, 2.24) is 20.9 Å². The summed E-state index contributed by atoms with van der Waals surface area (Å²) in [6.45, 7) is 10.8. The molecule has 1 fully saturated rings. The van der Waals surface area contributed by atoms with Crippen molar-refractivity contribution < 1.29 is 9.90 Å². The Hall–Kier alpha value is -1.34. The number of aliphatic imine (C=N–C) groups is 1. The maximum atomic E-state index is 11.8. The third-order valence-corrected chi connectivity index (χ3v) is 4.08. The van der Waals surface area contributed by atoms with Crippen LogP contribution in [0, 0.1) is 5.92 Å². The van der Waals surface area contributed by atoms with Crippen molar-refractivity contribution in [2.45, 2.75) is 46.1 Å². The molecule has 0 aromatic heterocycles. The molecule has 1 amide bonds. The van der Waals surface area contributed by atoms with E-state index in [-0.39, 0.29) is 18.4 Å². The van der Waals surface area contributed by atoms with Gasteiger partial charge in [-0.2, -0.15) is 0 Å². The number of piperidine rings is 1. The van der Waals surface area contributed by atoms with Crippen molar-refractivity contribution in [1.29, 1.82) is 0 Å². The fourth-order valence-electron chi connectivity index (χ4n) is 2.58. The van der Waals surface area contributed by atoms with E-state index >= 15 is 0 Å². The summed E-state index contributed by atoms with van der Waals surface area (Å²) >= 11 is 0. The standard InChI is InChI=1S/C17H35N5O2/c1-4-8-19-16(24)12-22-9-6-15(7-10-22)21-17(18-5-2)20-11-14(3)13-23/h14-15,23H,4-13H2,1-3H3,(H,19,24)(H2,18,20,21). The van der Waals surface area contributed by atoms with Gasteiger partial charge in [0.2, 0.25) is 5.91 Å². The zero-order valence-electron chi connectivity index (χ0n) is 15.5. The number of carbonyl (C=O) groups excluding carboxylic acids is 1. The van der Waals surface area contributed by atoms with Crippen molar-refractivity contribution in [3.63, 3.8) is 0 Å². The first-order valence-corrected chi connectivity index (χ1v) is 9.23. The van der Waals surface area contributed by atoms with Crippen LogP contribution in [-0.2, 0) is 4.79 Å². The molecule has 1 atom stereocenters. The molecule has 0 bridgehead atoms. The minimum Gasteiger partial charge on any atom is -0.396 e. The van der Waals surface area contributed by atoms with E-state index in [9.17, 15) is 4.79 Å². The Labute approximate surface area is 146 Å². The van der Waals surface area contributed by atoms with Crippen LogP contribution in [0.3, 0.4) is 0 Å². The Bertz CT molecular complexity index is 381. The predicted octanol–water partition coefficient (Wildman–Crippen LogP) is 0.161. The number of aliphatic hydroxyl groups excluding tert-OH is 1. The van der Waals surface area contributed by atoms with Gasteiger partial charge in [0.1, 0.15) is 0 Å². The molecule has 0 aromatic rings. The average Bonchev–Trinajstić information content (AvgIpc) is 2.59. The third-order valence-electron chi connectivity index (χ3n) is 4.08. The summed E-state index contributed by atoms with van der Waals surface area (Å²) in [5.74, 6) is 1.11. The maximum absolute atomic E-state index is 11.8. The van der Waals surface area contributed by atoms with Crippen molar-refractivity contribution in [3.8, 4) is 0 Å². The number of guanidine groups is 1. The van der Waals surface area contributed by atoms with Gasteiger partial charge in [0, 0.05) is 45.4 Å². The Kier molecular flexibility index (Phi) is 10.4. The molecular formula is C17H35N5O2. The number of rotatable bonds is 9. The van der Waals surface area contributed by atoms with Crippen LogP contribution in [0.4, 0.5) is 0 Å². The fourth-order valence-corrected chi connectivity index (χ4v) is 2.58. The first-order valence-electron chi connectivity index (χ1n) is 9.23. The number of hydrogen-bond donors (Lipinski definition) is 4. The van der Waals surface area contributed by atoms with Gasteiger partial charge in [0.15, 0.2) is 5.96 Å². The highest BCUT2D eigenvalue weighted by molar-refractivity contribution is 5.80. The van der Waals surface area contributed by atoms with Gasteiger partial charge >= 0.3 is 0 Å². The molecule has 1 heterocycles. The molecule has 0 aliphatic carbocycles. The molecule has 7 heteroatoms. The van der Waals surface area contributed by atoms with Crippen molar-refractivity contribution >= 4 is 11.9 Å². The molecule has 0 aromatic carbocycles. The maximum Gasteiger partial charge on any atom is 0.234 e. The van der Waals surface area contributed by atoms with Gasteiger partial charge in [-0.15, -0.1) is 0 Å². The third kappa shape index (κ3) is 8.49. The van der Waals surface area contributed by atoms with Crippen LogP contribution in [0.2, 0.25) is 0 Å². The molecule has 140 valence electrons. The number of carbonyl (C=O) groups is 1. The molecular weight excluding hydrogens is 306 g/mol. The van der Waals surface area contributed by atoms with Gasteiger partial charge < -0.3 is 21.1 Å². The van der Waals surface area contributed by atoms with E-state index in [0.29, 0.717) is 19.1 Å². The Morgan fingerprint density at radius 1 is 1.29 bits per heavy atom. The zero-order valence-corrected chi connectivity index (χ0v) is 15.5. The summed E-state index contributed by atoms with van der Waals surface area (Å²) in [4.78, 5) is 18.5. The largest absolute Gasteiger partial charge is 0.396 e.